The third kappa shape index (κ3) is 5.23. The molecule has 1 amide bonds. The number of amides is 1. The van der Waals surface area contributed by atoms with Crippen molar-refractivity contribution in [2.24, 2.45) is 0 Å². The molecular weight excluding hydrogens is 290 g/mol. The molecule has 0 atom stereocenters. The number of aromatic nitrogens is 2. The van der Waals surface area contributed by atoms with Crippen molar-refractivity contribution in [3.63, 3.8) is 0 Å². The van der Waals surface area contributed by atoms with Crippen LogP contribution in [0.1, 0.15) is 5.56 Å². The van der Waals surface area contributed by atoms with Crippen molar-refractivity contribution in [3.8, 4) is 0 Å². The number of benzene rings is 1. The number of hydrogen-bond acceptors (Lipinski definition) is 5. The zero-order valence-electron chi connectivity index (χ0n) is 11.0. The van der Waals surface area contributed by atoms with Crippen molar-refractivity contribution >= 4 is 29.6 Å². The second kappa shape index (κ2) is 7.39. The fourth-order valence-electron chi connectivity index (χ4n) is 1.55. The largest absolute Gasteiger partial charge is 0.481 e. The summed E-state index contributed by atoms with van der Waals surface area (Å²) in [7, 11) is 0. The lowest BCUT2D eigenvalue weighted by molar-refractivity contribution is -0.136. The molecule has 0 saturated carbocycles. The average molecular weight is 303 g/mol. The summed E-state index contributed by atoms with van der Waals surface area (Å²) in [6, 6.07) is 8.76. The first-order valence-corrected chi connectivity index (χ1v) is 7.12. The molecule has 0 saturated heterocycles. The first-order chi connectivity index (χ1) is 10.1. The van der Waals surface area contributed by atoms with Gasteiger partial charge in [-0.05, 0) is 23.8 Å². The summed E-state index contributed by atoms with van der Waals surface area (Å²) in [6.07, 6.45) is 3.10. The normalized spacial score (nSPS) is 10.1. The molecule has 0 aliphatic heterocycles. The van der Waals surface area contributed by atoms with Crippen LogP contribution < -0.4 is 5.32 Å². The number of thioether (sulfide) groups is 1. The summed E-state index contributed by atoms with van der Waals surface area (Å²) in [5, 5.41) is 11.3. The van der Waals surface area contributed by atoms with Crippen LogP contribution in [0.15, 0.2) is 47.6 Å². The van der Waals surface area contributed by atoms with Gasteiger partial charge in [-0.1, -0.05) is 12.1 Å². The van der Waals surface area contributed by atoms with Crippen molar-refractivity contribution in [1.29, 1.82) is 0 Å². The third-order valence-corrected chi connectivity index (χ3v) is 3.48. The third-order valence-electron chi connectivity index (χ3n) is 2.47. The van der Waals surface area contributed by atoms with E-state index in [1.807, 2.05) is 0 Å². The van der Waals surface area contributed by atoms with Gasteiger partial charge in [0.1, 0.15) is 0 Å². The van der Waals surface area contributed by atoms with Gasteiger partial charge in [-0.3, -0.25) is 14.9 Å². The van der Waals surface area contributed by atoms with Gasteiger partial charge in [-0.15, -0.1) is 11.8 Å². The van der Waals surface area contributed by atoms with Crippen LogP contribution in [-0.4, -0.2) is 32.7 Å². The molecule has 0 fully saturated rings. The lowest BCUT2D eigenvalue weighted by atomic mass is 10.2. The Labute approximate surface area is 125 Å². The molecular formula is C14H13N3O3S. The van der Waals surface area contributed by atoms with Crippen LogP contribution in [0.5, 0.6) is 0 Å². The lowest BCUT2D eigenvalue weighted by Crippen LogP contribution is -2.15. The number of carboxylic acids is 1. The number of hydrogen-bond donors (Lipinski definition) is 2. The van der Waals surface area contributed by atoms with Crippen LogP contribution in [-0.2, 0) is 16.0 Å². The smallest absolute Gasteiger partial charge is 0.307 e. The minimum Gasteiger partial charge on any atom is -0.481 e. The summed E-state index contributed by atoms with van der Waals surface area (Å²) >= 11 is 1.36. The number of carboxylic acid groups (broad SMARTS) is 1. The molecule has 0 aliphatic rings. The summed E-state index contributed by atoms with van der Waals surface area (Å²) in [4.78, 5) is 31.0. The van der Waals surface area contributed by atoms with Crippen LogP contribution in [0.4, 0.5) is 5.95 Å². The fraction of sp³-hybridized carbons (Fsp3) is 0.143. The minimum atomic E-state index is -0.863. The van der Waals surface area contributed by atoms with Gasteiger partial charge in [0.2, 0.25) is 11.9 Å². The molecule has 0 radical (unpaired) electrons. The molecule has 2 rings (SSSR count). The Morgan fingerprint density at radius 2 is 1.81 bits per heavy atom. The quantitative estimate of drug-likeness (QED) is 0.791. The number of carbonyl (C=O) groups is 2. The minimum absolute atomic E-state index is 0.00320. The SMILES string of the molecule is O=C(O)Cc1ccc(SCC(=O)Nc2ncccn2)cc1. The topological polar surface area (TPSA) is 92.2 Å². The number of carbonyl (C=O) groups excluding carboxylic acids is 1. The number of nitrogens with one attached hydrogen (secondary N) is 1. The molecule has 108 valence electrons. The standard InChI is InChI=1S/C14H13N3O3S/c18-12(17-14-15-6-1-7-16-14)9-21-11-4-2-10(3-5-11)8-13(19)20/h1-7H,8-9H2,(H,19,20)(H,15,16,17,18). The molecule has 7 heteroatoms. The molecule has 6 nitrogen and oxygen atoms in total. The highest BCUT2D eigenvalue weighted by atomic mass is 32.2. The van der Waals surface area contributed by atoms with E-state index < -0.39 is 5.97 Å². The molecule has 1 heterocycles. The van der Waals surface area contributed by atoms with Gasteiger partial charge in [-0.2, -0.15) is 0 Å². The van der Waals surface area contributed by atoms with E-state index in [0.29, 0.717) is 0 Å². The highest BCUT2D eigenvalue weighted by molar-refractivity contribution is 8.00. The van der Waals surface area contributed by atoms with Crippen molar-refractivity contribution in [1.82, 2.24) is 9.97 Å². The zero-order valence-corrected chi connectivity index (χ0v) is 11.8. The summed E-state index contributed by atoms with van der Waals surface area (Å²) in [5.74, 6) is -0.547. The Balaban J connectivity index is 1.82. The van der Waals surface area contributed by atoms with E-state index in [0.717, 1.165) is 10.5 Å². The second-order valence-electron chi connectivity index (χ2n) is 4.12. The van der Waals surface area contributed by atoms with Crippen LogP contribution in [0.2, 0.25) is 0 Å². The first kappa shape index (κ1) is 15.0. The van der Waals surface area contributed by atoms with E-state index in [1.165, 1.54) is 11.8 Å². The van der Waals surface area contributed by atoms with Gasteiger partial charge >= 0.3 is 5.97 Å². The molecule has 1 aromatic carbocycles. The molecule has 2 aromatic rings. The Morgan fingerprint density at radius 3 is 2.43 bits per heavy atom. The monoisotopic (exact) mass is 303 g/mol. The van der Waals surface area contributed by atoms with Gasteiger partial charge in [0.15, 0.2) is 0 Å². The van der Waals surface area contributed by atoms with Gasteiger partial charge in [0.25, 0.3) is 0 Å². The fourth-order valence-corrected chi connectivity index (χ4v) is 2.25. The number of aliphatic carboxylic acids is 1. The Bertz CT molecular complexity index is 617. The van der Waals surface area contributed by atoms with Crippen LogP contribution >= 0.6 is 11.8 Å². The van der Waals surface area contributed by atoms with Crippen molar-refractivity contribution in [2.75, 3.05) is 11.1 Å². The predicted octanol–water partition coefficient (Wildman–Crippen LogP) is 1.83. The van der Waals surface area contributed by atoms with E-state index in [9.17, 15) is 9.59 Å². The lowest BCUT2D eigenvalue weighted by Gasteiger charge is -2.04. The van der Waals surface area contributed by atoms with Gasteiger partial charge in [0.05, 0.1) is 12.2 Å². The van der Waals surface area contributed by atoms with Gasteiger partial charge in [-0.25, -0.2) is 9.97 Å². The maximum absolute atomic E-state index is 11.7. The average Bonchev–Trinajstić information content (AvgIpc) is 2.47. The Morgan fingerprint density at radius 1 is 1.14 bits per heavy atom. The van der Waals surface area contributed by atoms with E-state index in [1.54, 1.807) is 42.7 Å². The van der Waals surface area contributed by atoms with E-state index >= 15 is 0 Å². The van der Waals surface area contributed by atoms with Gasteiger partial charge in [0, 0.05) is 17.3 Å². The highest BCUT2D eigenvalue weighted by Crippen LogP contribution is 2.18. The molecule has 0 spiro atoms. The summed E-state index contributed by atoms with van der Waals surface area (Å²) in [6.45, 7) is 0. The van der Waals surface area contributed by atoms with Crippen LogP contribution in [0, 0.1) is 0 Å². The number of rotatable bonds is 6. The van der Waals surface area contributed by atoms with E-state index in [2.05, 4.69) is 15.3 Å². The Kier molecular flexibility index (Phi) is 5.28. The van der Waals surface area contributed by atoms with Crippen molar-refractivity contribution in [3.05, 3.63) is 48.3 Å². The maximum Gasteiger partial charge on any atom is 0.307 e. The maximum atomic E-state index is 11.7. The molecule has 0 aliphatic carbocycles. The molecule has 21 heavy (non-hydrogen) atoms. The molecule has 0 bridgehead atoms. The molecule has 2 N–H and O–H groups in total. The van der Waals surface area contributed by atoms with Gasteiger partial charge < -0.3 is 5.11 Å². The number of anilines is 1. The number of nitrogens with zero attached hydrogens (tertiary/aromatic N) is 2. The molecule has 0 unspecified atom stereocenters. The summed E-state index contributed by atoms with van der Waals surface area (Å²) < 4.78 is 0. The first-order valence-electron chi connectivity index (χ1n) is 6.14. The zero-order chi connectivity index (χ0) is 15.1. The van der Waals surface area contributed by atoms with Crippen LogP contribution in [0.3, 0.4) is 0 Å². The second-order valence-corrected chi connectivity index (χ2v) is 5.17. The Hall–Kier alpha value is -2.41. The van der Waals surface area contributed by atoms with E-state index in [-0.39, 0.29) is 24.0 Å². The van der Waals surface area contributed by atoms with Crippen molar-refractivity contribution in [2.45, 2.75) is 11.3 Å². The van der Waals surface area contributed by atoms with E-state index in [4.69, 9.17) is 5.11 Å². The summed E-state index contributed by atoms with van der Waals surface area (Å²) in [5.41, 5.74) is 0.731. The van der Waals surface area contributed by atoms with Crippen LogP contribution in [0.25, 0.3) is 0 Å². The van der Waals surface area contributed by atoms with Crippen molar-refractivity contribution < 1.29 is 14.7 Å². The molecule has 1 aromatic heterocycles. The predicted molar refractivity (Wildman–Crippen MR) is 79.2 cm³/mol. The highest BCUT2D eigenvalue weighted by Gasteiger charge is 2.06.